The van der Waals surface area contributed by atoms with Crippen LogP contribution in [0.4, 0.5) is 0 Å². The van der Waals surface area contributed by atoms with Crippen LogP contribution in [0.3, 0.4) is 0 Å². The third kappa shape index (κ3) is 9.98. The van der Waals surface area contributed by atoms with Crippen molar-refractivity contribution in [2.75, 3.05) is 0 Å². The fourth-order valence-corrected chi connectivity index (χ4v) is 5.30. The van der Waals surface area contributed by atoms with E-state index < -0.39 is 31.8 Å². The van der Waals surface area contributed by atoms with Gasteiger partial charge in [-0.05, 0) is 70.8 Å². The van der Waals surface area contributed by atoms with Gasteiger partial charge in [0.2, 0.25) is 0 Å². The third-order valence-corrected chi connectivity index (χ3v) is 7.95. The summed E-state index contributed by atoms with van der Waals surface area (Å²) in [5.41, 5.74) is 2.81. The maximum Gasteiger partial charge on any atom is 0.335 e. The zero-order valence-electron chi connectivity index (χ0n) is 19.2. The Bertz CT molecular complexity index is 1580. The van der Waals surface area contributed by atoms with Crippen LogP contribution in [0, 0.1) is 0 Å². The molecule has 15 heteroatoms. The first-order valence-electron chi connectivity index (χ1n) is 10.1. The number of rotatable bonds is 4. The molecule has 0 fully saturated rings. The molecule has 0 atom stereocenters. The van der Waals surface area contributed by atoms with Gasteiger partial charge in [-0.3, -0.25) is 9.11 Å². The molecule has 0 bridgehead atoms. The van der Waals surface area contributed by atoms with Crippen LogP contribution in [0.5, 0.6) is 0 Å². The van der Waals surface area contributed by atoms with Crippen molar-refractivity contribution in [2.24, 2.45) is 0 Å². The molecule has 0 saturated heterocycles. The lowest BCUT2D eigenvalue weighted by Crippen LogP contribution is -1.99. The van der Waals surface area contributed by atoms with Gasteiger partial charge in [0, 0.05) is 10.0 Å². The van der Waals surface area contributed by atoms with E-state index in [4.69, 9.17) is 63.9 Å². The average molecular weight is 670 g/mol. The summed E-state index contributed by atoms with van der Waals surface area (Å²) in [5.74, 6) is 0. The second-order valence-corrected chi connectivity index (χ2v) is 11.9. The van der Waals surface area contributed by atoms with Gasteiger partial charge < -0.3 is 0 Å². The van der Waals surface area contributed by atoms with Crippen LogP contribution in [0.15, 0.2) is 94.7 Å². The number of halogens is 4. The molecule has 0 amide bonds. The highest BCUT2D eigenvalue weighted by Crippen LogP contribution is 2.30. The zero-order valence-corrected chi connectivity index (χ0v) is 24.6. The van der Waals surface area contributed by atoms with E-state index in [0.717, 1.165) is 11.1 Å². The van der Waals surface area contributed by atoms with Gasteiger partial charge in [0.05, 0.1) is 10.0 Å². The lowest BCUT2D eigenvalue weighted by molar-refractivity contribution is 0.481. The molecular weight excluding hydrogens is 654 g/mol. The molecule has 0 aliphatic carbocycles. The summed E-state index contributed by atoms with van der Waals surface area (Å²) in [6, 6.07) is 22.6. The summed E-state index contributed by atoms with van der Waals surface area (Å²) in [7, 11) is -8.66. The molecule has 4 aromatic carbocycles. The smallest absolute Gasteiger partial charge is 0.282 e. The Kier molecular flexibility index (Phi) is 12.1. The second kappa shape index (κ2) is 14.4. The van der Waals surface area contributed by atoms with Crippen molar-refractivity contribution in [1.82, 2.24) is 0 Å². The van der Waals surface area contributed by atoms with Crippen LogP contribution in [-0.2, 0) is 31.8 Å². The maximum absolute atomic E-state index is 11.1. The maximum atomic E-state index is 11.1. The van der Waals surface area contributed by atoms with Crippen LogP contribution in [0.25, 0.3) is 22.3 Å². The van der Waals surface area contributed by atoms with Crippen molar-refractivity contribution in [3.05, 3.63) is 105 Å². The predicted molar refractivity (Wildman–Crippen MR) is 152 cm³/mol. The summed E-state index contributed by atoms with van der Waals surface area (Å²) in [6.45, 7) is 0. The molecule has 0 radical (unpaired) electrons. The van der Waals surface area contributed by atoms with Crippen LogP contribution in [0.2, 0.25) is 20.1 Å². The van der Waals surface area contributed by atoms with E-state index in [2.05, 4.69) is 0 Å². The van der Waals surface area contributed by atoms with Gasteiger partial charge in [0.1, 0.15) is 9.79 Å². The highest BCUT2D eigenvalue weighted by Gasteiger charge is 2.16. The van der Waals surface area contributed by atoms with Gasteiger partial charge >= 0.3 is 11.6 Å². The second-order valence-electron chi connectivity index (χ2n) is 7.32. The first kappa shape index (κ1) is 32.9. The third-order valence-electron chi connectivity index (χ3n) is 4.77. The summed E-state index contributed by atoms with van der Waals surface area (Å²) in [6.07, 6.45) is 0. The van der Waals surface area contributed by atoms with E-state index in [1.807, 2.05) is 0 Å². The summed E-state index contributed by atoms with van der Waals surface area (Å²) in [4.78, 5) is -0.617. The summed E-state index contributed by atoms with van der Waals surface area (Å²) >= 11 is 22.3. The minimum atomic E-state index is -4.33. The van der Waals surface area contributed by atoms with E-state index in [0.29, 0.717) is 21.2 Å². The van der Waals surface area contributed by atoms with E-state index in [-0.39, 0.29) is 19.8 Å². The quantitative estimate of drug-likeness (QED) is 0.218. The molecule has 0 aliphatic rings. The normalized spacial score (nSPS) is 10.9. The zero-order chi connectivity index (χ0) is 29.4. The lowest BCUT2D eigenvalue weighted by Gasteiger charge is -2.06. The molecular formula is C24H16Cl4O8S3. The van der Waals surface area contributed by atoms with Gasteiger partial charge in [0.25, 0.3) is 20.2 Å². The van der Waals surface area contributed by atoms with Crippen molar-refractivity contribution >= 4 is 78.2 Å². The standard InChI is InChI=1S/2C12H8Cl2O3S.O2S/c2*13-10-4-1-8(2-5-10)9-3-6-11(14)12(7-9)18(15,16)17;1-3-2/h2*1-7H,(H,15,16,17);. The Morgan fingerprint density at radius 1 is 0.487 bits per heavy atom. The average Bonchev–Trinajstić information content (AvgIpc) is 2.85. The van der Waals surface area contributed by atoms with Crippen molar-refractivity contribution in [3.63, 3.8) is 0 Å². The van der Waals surface area contributed by atoms with E-state index in [1.165, 1.54) is 24.3 Å². The van der Waals surface area contributed by atoms with E-state index in [1.54, 1.807) is 60.7 Å². The molecule has 0 spiro atoms. The highest BCUT2D eigenvalue weighted by molar-refractivity contribution is 7.86. The first-order chi connectivity index (χ1) is 18.2. The van der Waals surface area contributed by atoms with Gasteiger partial charge in [-0.1, -0.05) is 82.8 Å². The monoisotopic (exact) mass is 668 g/mol. The van der Waals surface area contributed by atoms with Crippen molar-refractivity contribution < 1.29 is 34.4 Å². The molecule has 0 heterocycles. The summed E-state index contributed by atoms with van der Waals surface area (Å²) in [5, 5.41) is 1.14. The minimum absolute atomic E-state index is 0.0183. The van der Waals surface area contributed by atoms with E-state index >= 15 is 0 Å². The molecule has 2 N–H and O–H groups in total. The first-order valence-corrected chi connectivity index (χ1v) is 15.2. The Labute approximate surface area is 248 Å². The van der Waals surface area contributed by atoms with Crippen LogP contribution < -0.4 is 0 Å². The lowest BCUT2D eigenvalue weighted by atomic mass is 10.1. The number of hydrogen-bond acceptors (Lipinski definition) is 6. The van der Waals surface area contributed by atoms with Crippen LogP contribution in [0.1, 0.15) is 0 Å². The Balaban J connectivity index is 0.000000249. The molecule has 0 aromatic heterocycles. The minimum Gasteiger partial charge on any atom is -0.282 e. The molecule has 0 aliphatic heterocycles. The fraction of sp³-hybridized carbons (Fsp3) is 0. The molecule has 206 valence electrons. The Morgan fingerprint density at radius 3 is 1.00 bits per heavy atom. The van der Waals surface area contributed by atoms with Gasteiger partial charge in [-0.25, -0.2) is 0 Å². The SMILES string of the molecule is O=S(=O)(O)c1cc(-c2ccc(Cl)cc2)ccc1Cl.O=S(=O)(O)c1cc(-c2ccc(Cl)cc2)ccc1Cl.O=S=O. The highest BCUT2D eigenvalue weighted by atomic mass is 35.5. The molecule has 0 saturated carbocycles. The van der Waals surface area contributed by atoms with Gasteiger partial charge in [-0.15, -0.1) is 0 Å². The van der Waals surface area contributed by atoms with Crippen LogP contribution >= 0.6 is 46.4 Å². The topological polar surface area (TPSA) is 143 Å². The van der Waals surface area contributed by atoms with Crippen LogP contribution in [-0.4, -0.2) is 34.4 Å². The Morgan fingerprint density at radius 2 is 0.744 bits per heavy atom. The van der Waals surface area contributed by atoms with Crippen molar-refractivity contribution in [3.8, 4) is 22.3 Å². The number of benzene rings is 4. The van der Waals surface area contributed by atoms with Crippen molar-refractivity contribution in [2.45, 2.75) is 9.79 Å². The largest absolute Gasteiger partial charge is 0.335 e. The molecule has 8 nitrogen and oxygen atoms in total. The summed E-state index contributed by atoms with van der Waals surface area (Å²) < 4.78 is 79.3. The van der Waals surface area contributed by atoms with Crippen molar-refractivity contribution in [1.29, 1.82) is 0 Å². The number of hydrogen-bond donors (Lipinski definition) is 2. The van der Waals surface area contributed by atoms with Gasteiger partial charge in [0.15, 0.2) is 0 Å². The molecule has 4 aromatic rings. The Hall–Kier alpha value is -2.32. The molecule has 39 heavy (non-hydrogen) atoms. The fourth-order valence-electron chi connectivity index (χ4n) is 3.05. The van der Waals surface area contributed by atoms with E-state index in [9.17, 15) is 16.8 Å². The molecule has 4 rings (SSSR count). The predicted octanol–water partition coefficient (Wildman–Crippen LogP) is 7.14. The molecule has 0 unspecified atom stereocenters. The van der Waals surface area contributed by atoms with Gasteiger partial charge in [-0.2, -0.15) is 25.3 Å².